The standard InChI is InChI=1S/C24H28FN5O3/c1-15(2)33-23-9-8-20(30-14-27-28-29-30)10-18(23)13-26-22-12-17(24(31)32-3)11-21(22)16-4-6-19(25)7-5-16/h4-10,14-15,17,21-22,26H,11-13H2,1-3H3/t17-,21?,22?/m1/s1. The first-order chi connectivity index (χ1) is 15.9. The molecule has 1 aromatic heterocycles. The molecule has 33 heavy (non-hydrogen) atoms. The van der Waals surface area contributed by atoms with Gasteiger partial charge >= 0.3 is 5.97 Å². The smallest absolute Gasteiger partial charge is 0.308 e. The van der Waals surface area contributed by atoms with Crippen molar-refractivity contribution in [3.05, 3.63) is 65.7 Å². The minimum atomic E-state index is -0.277. The predicted octanol–water partition coefficient (Wildman–Crippen LogP) is 3.41. The van der Waals surface area contributed by atoms with Crippen LogP contribution in [0.5, 0.6) is 5.75 Å². The predicted molar refractivity (Wildman–Crippen MR) is 119 cm³/mol. The second kappa shape index (κ2) is 10.1. The average molecular weight is 454 g/mol. The Morgan fingerprint density at radius 3 is 2.67 bits per heavy atom. The van der Waals surface area contributed by atoms with E-state index in [9.17, 15) is 9.18 Å². The molecule has 0 spiro atoms. The molecule has 1 aliphatic carbocycles. The molecule has 2 aromatic carbocycles. The average Bonchev–Trinajstić information content (AvgIpc) is 3.49. The maximum Gasteiger partial charge on any atom is 0.308 e. The molecule has 9 heteroatoms. The van der Waals surface area contributed by atoms with Gasteiger partial charge in [0.1, 0.15) is 17.9 Å². The Bertz CT molecular complexity index is 1070. The van der Waals surface area contributed by atoms with E-state index in [2.05, 4.69) is 20.8 Å². The zero-order chi connectivity index (χ0) is 23.4. The van der Waals surface area contributed by atoms with E-state index in [1.807, 2.05) is 32.0 Å². The Labute approximate surface area is 192 Å². The SMILES string of the molecule is COC(=O)[C@H]1CC(NCc2cc(-n3cnnn3)ccc2OC(C)C)C(c2ccc(F)cc2)C1. The van der Waals surface area contributed by atoms with Gasteiger partial charge in [0.2, 0.25) is 0 Å². The van der Waals surface area contributed by atoms with Crippen LogP contribution < -0.4 is 10.1 Å². The molecular formula is C24H28FN5O3. The van der Waals surface area contributed by atoms with Crippen molar-refractivity contribution in [1.82, 2.24) is 25.5 Å². The minimum Gasteiger partial charge on any atom is -0.491 e. The third-order valence-electron chi connectivity index (χ3n) is 5.97. The van der Waals surface area contributed by atoms with Gasteiger partial charge in [-0.2, -0.15) is 0 Å². The summed E-state index contributed by atoms with van der Waals surface area (Å²) in [4.78, 5) is 12.3. The maximum absolute atomic E-state index is 13.5. The number of hydrogen-bond acceptors (Lipinski definition) is 7. The molecule has 2 unspecified atom stereocenters. The molecule has 3 atom stereocenters. The first-order valence-electron chi connectivity index (χ1n) is 11.0. The summed E-state index contributed by atoms with van der Waals surface area (Å²) >= 11 is 0. The van der Waals surface area contributed by atoms with Gasteiger partial charge in [-0.3, -0.25) is 4.79 Å². The van der Waals surface area contributed by atoms with E-state index < -0.39 is 0 Å². The van der Waals surface area contributed by atoms with E-state index >= 15 is 0 Å². The van der Waals surface area contributed by atoms with Crippen molar-refractivity contribution in [2.45, 2.75) is 51.3 Å². The number of aromatic nitrogens is 4. The van der Waals surface area contributed by atoms with Crippen LogP contribution in [-0.2, 0) is 16.1 Å². The monoisotopic (exact) mass is 453 g/mol. The fourth-order valence-corrected chi connectivity index (χ4v) is 4.44. The van der Waals surface area contributed by atoms with Crippen molar-refractivity contribution >= 4 is 5.97 Å². The molecule has 1 fully saturated rings. The number of ether oxygens (including phenoxy) is 2. The highest BCUT2D eigenvalue weighted by molar-refractivity contribution is 5.73. The second-order valence-corrected chi connectivity index (χ2v) is 8.55. The van der Waals surface area contributed by atoms with Gasteiger partial charge in [0, 0.05) is 24.1 Å². The molecule has 3 aromatic rings. The number of nitrogens with one attached hydrogen (secondary N) is 1. The summed E-state index contributed by atoms with van der Waals surface area (Å²) in [5.74, 6) is 0.139. The largest absolute Gasteiger partial charge is 0.491 e. The lowest BCUT2D eigenvalue weighted by molar-refractivity contribution is -0.145. The van der Waals surface area contributed by atoms with E-state index in [4.69, 9.17) is 9.47 Å². The fourth-order valence-electron chi connectivity index (χ4n) is 4.44. The number of halogens is 1. The Hall–Kier alpha value is -3.33. The number of methoxy groups -OCH3 is 1. The number of tetrazole rings is 1. The lowest BCUT2D eigenvalue weighted by Crippen LogP contribution is -2.31. The highest BCUT2D eigenvalue weighted by atomic mass is 19.1. The van der Waals surface area contributed by atoms with Gasteiger partial charge in [-0.25, -0.2) is 9.07 Å². The fraction of sp³-hybridized carbons (Fsp3) is 0.417. The second-order valence-electron chi connectivity index (χ2n) is 8.55. The van der Waals surface area contributed by atoms with Crippen molar-refractivity contribution in [1.29, 1.82) is 0 Å². The number of carbonyl (C=O) groups excluding carboxylic acids is 1. The first kappa shape index (κ1) is 22.8. The van der Waals surface area contributed by atoms with Crippen LogP contribution in [0, 0.1) is 11.7 Å². The minimum absolute atomic E-state index is 0.0168. The van der Waals surface area contributed by atoms with Crippen LogP contribution in [0.3, 0.4) is 0 Å². The summed E-state index contributed by atoms with van der Waals surface area (Å²) in [6.07, 6.45) is 2.85. The number of carbonyl (C=O) groups is 1. The molecule has 8 nitrogen and oxygen atoms in total. The van der Waals surface area contributed by atoms with Gasteiger partial charge in [0.05, 0.1) is 24.8 Å². The van der Waals surface area contributed by atoms with Crippen molar-refractivity contribution in [3.63, 3.8) is 0 Å². The van der Waals surface area contributed by atoms with E-state index in [-0.39, 0.29) is 35.8 Å². The summed E-state index contributed by atoms with van der Waals surface area (Å²) < 4.78 is 26.1. The normalized spacial score (nSPS) is 20.2. The number of esters is 1. The van der Waals surface area contributed by atoms with Crippen molar-refractivity contribution in [2.75, 3.05) is 7.11 Å². The number of benzene rings is 2. The molecule has 0 radical (unpaired) electrons. The Morgan fingerprint density at radius 2 is 2.00 bits per heavy atom. The van der Waals surface area contributed by atoms with Crippen LogP contribution in [0.15, 0.2) is 48.8 Å². The zero-order valence-electron chi connectivity index (χ0n) is 18.9. The Kier molecular flexibility index (Phi) is 6.98. The van der Waals surface area contributed by atoms with E-state index in [1.165, 1.54) is 25.6 Å². The van der Waals surface area contributed by atoms with Crippen molar-refractivity contribution in [2.24, 2.45) is 5.92 Å². The van der Waals surface area contributed by atoms with Gasteiger partial charge in [-0.1, -0.05) is 12.1 Å². The lowest BCUT2D eigenvalue weighted by atomic mass is 9.93. The highest BCUT2D eigenvalue weighted by Crippen LogP contribution is 2.39. The van der Waals surface area contributed by atoms with Crippen LogP contribution in [-0.4, -0.2) is 45.4 Å². The van der Waals surface area contributed by atoms with Gasteiger partial charge in [-0.05, 0) is 73.0 Å². The van der Waals surface area contributed by atoms with E-state index in [1.54, 1.807) is 16.8 Å². The van der Waals surface area contributed by atoms with Gasteiger partial charge in [0.25, 0.3) is 0 Å². The van der Waals surface area contributed by atoms with Gasteiger partial charge in [-0.15, -0.1) is 5.10 Å². The zero-order valence-corrected chi connectivity index (χ0v) is 18.9. The lowest BCUT2D eigenvalue weighted by Gasteiger charge is -2.23. The van der Waals surface area contributed by atoms with E-state index in [0.29, 0.717) is 19.4 Å². The summed E-state index contributed by atoms with van der Waals surface area (Å²) in [6.45, 7) is 4.48. The van der Waals surface area contributed by atoms with Crippen molar-refractivity contribution < 1.29 is 18.7 Å². The quantitative estimate of drug-likeness (QED) is 0.523. The molecule has 0 amide bonds. The summed E-state index contributed by atoms with van der Waals surface area (Å²) in [5, 5.41) is 15.0. The van der Waals surface area contributed by atoms with Crippen LogP contribution in [0.25, 0.3) is 5.69 Å². The topological polar surface area (TPSA) is 91.2 Å². The molecule has 1 aliphatic rings. The van der Waals surface area contributed by atoms with Crippen LogP contribution in [0.1, 0.15) is 43.7 Å². The molecule has 0 bridgehead atoms. The molecule has 0 aliphatic heterocycles. The Balaban J connectivity index is 1.57. The van der Waals surface area contributed by atoms with Gasteiger partial charge in [0.15, 0.2) is 0 Å². The molecule has 1 N–H and O–H groups in total. The molecule has 174 valence electrons. The molecule has 1 saturated carbocycles. The number of rotatable bonds is 8. The number of nitrogens with zero attached hydrogens (tertiary/aromatic N) is 4. The third-order valence-corrected chi connectivity index (χ3v) is 5.97. The first-order valence-corrected chi connectivity index (χ1v) is 11.0. The maximum atomic E-state index is 13.5. The van der Waals surface area contributed by atoms with Crippen LogP contribution in [0.2, 0.25) is 0 Å². The van der Waals surface area contributed by atoms with Crippen molar-refractivity contribution in [3.8, 4) is 11.4 Å². The van der Waals surface area contributed by atoms with Crippen LogP contribution in [0.4, 0.5) is 4.39 Å². The molecule has 4 rings (SSSR count). The molecule has 1 heterocycles. The number of hydrogen-bond donors (Lipinski definition) is 1. The third kappa shape index (κ3) is 5.36. The summed E-state index contributed by atoms with van der Waals surface area (Å²) in [5.41, 5.74) is 2.78. The summed E-state index contributed by atoms with van der Waals surface area (Å²) in [7, 11) is 1.41. The van der Waals surface area contributed by atoms with Gasteiger partial charge < -0.3 is 14.8 Å². The Morgan fingerprint density at radius 1 is 1.21 bits per heavy atom. The molecular weight excluding hydrogens is 425 g/mol. The highest BCUT2D eigenvalue weighted by Gasteiger charge is 2.39. The van der Waals surface area contributed by atoms with Crippen LogP contribution >= 0.6 is 0 Å². The summed E-state index contributed by atoms with van der Waals surface area (Å²) in [6, 6.07) is 12.3. The van der Waals surface area contributed by atoms with E-state index in [0.717, 1.165) is 22.6 Å². The molecule has 0 saturated heterocycles.